The van der Waals surface area contributed by atoms with Crippen LogP contribution < -0.4 is 4.74 Å². The van der Waals surface area contributed by atoms with Crippen molar-refractivity contribution in [3.8, 4) is 16.3 Å². The maximum atomic E-state index is 5.95. The average molecular weight is 493 g/mol. The van der Waals surface area contributed by atoms with Crippen molar-refractivity contribution in [2.45, 2.75) is 64.1 Å². The highest BCUT2D eigenvalue weighted by Crippen LogP contribution is 2.29. The van der Waals surface area contributed by atoms with Crippen LogP contribution in [0, 0.1) is 5.92 Å². The predicted octanol–water partition coefficient (Wildman–Crippen LogP) is 7.44. The molecule has 0 atom stereocenters. The first kappa shape index (κ1) is 24.5. The monoisotopic (exact) mass is 492 g/mol. The van der Waals surface area contributed by atoms with Gasteiger partial charge in [-0.15, -0.1) is 21.5 Å². The van der Waals surface area contributed by atoms with Crippen molar-refractivity contribution in [2.75, 3.05) is 0 Å². The highest BCUT2D eigenvalue weighted by molar-refractivity contribution is 7.98. The molecule has 0 aliphatic rings. The third-order valence-electron chi connectivity index (χ3n) is 5.56. The van der Waals surface area contributed by atoms with Crippen molar-refractivity contribution in [1.82, 2.24) is 19.7 Å². The van der Waals surface area contributed by atoms with E-state index in [0.717, 1.165) is 46.2 Å². The first-order valence-electron chi connectivity index (χ1n) is 11.8. The number of hydrogen-bond acceptors (Lipinski definition) is 6. The summed E-state index contributed by atoms with van der Waals surface area (Å²) in [6.45, 7) is 10.2. The van der Waals surface area contributed by atoms with E-state index in [1.54, 1.807) is 23.1 Å². The molecule has 0 fully saturated rings. The number of hydrogen-bond donors (Lipinski definition) is 0. The molecular formula is C27H32N4OS2. The summed E-state index contributed by atoms with van der Waals surface area (Å²) in [6, 6.07) is 18.6. The summed E-state index contributed by atoms with van der Waals surface area (Å²) in [5.41, 5.74) is 3.59. The second-order valence-corrected chi connectivity index (χ2v) is 10.8. The van der Waals surface area contributed by atoms with E-state index in [4.69, 9.17) is 9.72 Å². The standard InChI is InChI=1S/C27H32N4OS2/c1-19(2)14-15-31-25(16-32-24-8-6-5-7-9-24)29-30-27(31)34-18-23-17-33-26(28-23)22-12-10-21(11-13-22)20(3)4/h5-13,17,19-20H,14-16,18H2,1-4H3. The largest absolute Gasteiger partial charge is 0.486 e. The van der Waals surface area contributed by atoms with Crippen LogP contribution in [0.25, 0.3) is 10.6 Å². The Hall–Kier alpha value is -2.64. The van der Waals surface area contributed by atoms with E-state index >= 15 is 0 Å². The molecule has 5 nitrogen and oxygen atoms in total. The van der Waals surface area contributed by atoms with E-state index in [9.17, 15) is 0 Å². The molecule has 7 heteroatoms. The Labute approximate surface area is 210 Å². The summed E-state index contributed by atoms with van der Waals surface area (Å²) >= 11 is 3.38. The molecule has 2 aromatic heterocycles. The third kappa shape index (κ3) is 6.48. The maximum absolute atomic E-state index is 5.95. The smallest absolute Gasteiger partial charge is 0.191 e. The molecule has 0 spiro atoms. The topological polar surface area (TPSA) is 52.8 Å². The first-order chi connectivity index (χ1) is 16.5. The fraction of sp³-hybridized carbons (Fsp3) is 0.370. The van der Waals surface area contributed by atoms with Gasteiger partial charge in [0.15, 0.2) is 11.0 Å². The highest BCUT2D eigenvalue weighted by Gasteiger charge is 2.15. The lowest BCUT2D eigenvalue weighted by Gasteiger charge is -2.12. The molecule has 4 rings (SSSR count). The quantitative estimate of drug-likeness (QED) is 0.204. The number of aromatic nitrogens is 4. The van der Waals surface area contributed by atoms with Gasteiger partial charge in [-0.25, -0.2) is 4.98 Å². The van der Waals surface area contributed by atoms with Gasteiger partial charge in [-0.3, -0.25) is 0 Å². The lowest BCUT2D eigenvalue weighted by molar-refractivity contribution is 0.285. The number of rotatable bonds is 11. The van der Waals surface area contributed by atoms with E-state index in [2.05, 4.69) is 72.1 Å². The minimum Gasteiger partial charge on any atom is -0.486 e. The molecule has 34 heavy (non-hydrogen) atoms. The van der Waals surface area contributed by atoms with Crippen LogP contribution >= 0.6 is 23.1 Å². The summed E-state index contributed by atoms with van der Waals surface area (Å²) in [5, 5.41) is 13.1. The Kier molecular flexibility index (Phi) is 8.40. The Bertz CT molecular complexity index is 1170. The maximum Gasteiger partial charge on any atom is 0.191 e. The summed E-state index contributed by atoms with van der Waals surface area (Å²) in [7, 11) is 0. The number of nitrogens with zero attached hydrogens (tertiary/aromatic N) is 4. The molecule has 178 valence electrons. The molecule has 0 N–H and O–H groups in total. The number of para-hydroxylation sites is 1. The van der Waals surface area contributed by atoms with Crippen LogP contribution in [0.3, 0.4) is 0 Å². The average Bonchev–Trinajstić information content (AvgIpc) is 3.47. The summed E-state index contributed by atoms with van der Waals surface area (Å²) in [5.74, 6) is 3.60. The van der Waals surface area contributed by atoms with Crippen LogP contribution in [0.5, 0.6) is 5.75 Å². The third-order valence-corrected chi connectivity index (χ3v) is 7.50. The first-order valence-corrected chi connectivity index (χ1v) is 13.6. The van der Waals surface area contributed by atoms with Gasteiger partial charge in [0, 0.05) is 23.2 Å². The van der Waals surface area contributed by atoms with E-state index < -0.39 is 0 Å². The number of ether oxygens (including phenoxy) is 1. The molecule has 4 aromatic rings. The lowest BCUT2D eigenvalue weighted by atomic mass is 10.0. The van der Waals surface area contributed by atoms with E-state index in [1.807, 2.05) is 30.3 Å². The van der Waals surface area contributed by atoms with Crippen molar-refractivity contribution < 1.29 is 4.74 Å². The van der Waals surface area contributed by atoms with Crippen LogP contribution in [0.4, 0.5) is 0 Å². The number of thiazole rings is 1. The van der Waals surface area contributed by atoms with Crippen LogP contribution in [0.15, 0.2) is 65.1 Å². The van der Waals surface area contributed by atoms with Crippen molar-refractivity contribution >= 4 is 23.1 Å². The Morgan fingerprint density at radius 1 is 0.971 bits per heavy atom. The van der Waals surface area contributed by atoms with Gasteiger partial charge in [-0.05, 0) is 36.0 Å². The molecular weight excluding hydrogens is 460 g/mol. The van der Waals surface area contributed by atoms with Crippen LogP contribution in [0.2, 0.25) is 0 Å². The summed E-state index contributed by atoms with van der Waals surface area (Å²) in [4.78, 5) is 4.87. The van der Waals surface area contributed by atoms with Gasteiger partial charge in [0.05, 0.1) is 5.69 Å². The normalized spacial score (nSPS) is 11.5. The molecule has 0 unspecified atom stereocenters. The molecule has 2 aromatic carbocycles. The fourth-order valence-electron chi connectivity index (χ4n) is 3.46. The second kappa shape index (κ2) is 11.7. The van der Waals surface area contributed by atoms with Gasteiger partial charge < -0.3 is 9.30 Å². The minimum atomic E-state index is 0.406. The van der Waals surface area contributed by atoms with Crippen molar-refractivity contribution in [3.63, 3.8) is 0 Å². The van der Waals surface area contributed by atoms with Crippen molar-refractivity contribution in [2.24, 2.45) is 5.92 Å². The minimum absolute atomic E-state index is 0.406. The van der Waals surface area contributed by atoms with Gasteiger partial charge in [0.2, 0.25) is 0 Å². The van der Waals surface area contributed by atoms with Crippen LogP contribution in [-0.2, 0) is 18.9 Å². The molecule has 0 amide bonds. The molecule has 0 saturated heterocycles. The lowest BCUT2D eigenvalue weighted by Crippen LogP contribution is -2.10. The second-order valence-electron chi connectivity index (χ2n) is 9.04. The predicted molar refractivity (Wildman–Crippen MR) is 141 cm³/mol. The molecule has 0 radical (unpaired) electrons. The summed E-state index contributed by atoms with van der Waals surface area (Å²) in [6.07, 6.45) is 1.07. The number of thioether (sulfide) groups is 1. The van der Waals surface area contributed by atoms with Crippen molar-refractivity contribution in [3.05, 3.63) is 77.1 Å². The molecule has 0 aliphatic carbocycles. The van der Waals surface area contributed by atoms with Crippen LogP contribution in [-0.4, -0.2) is 19.7 Å². The van der Waals surface area contributed by atoms with Gasteiger partial charge in [0.1, 0.15) is 17.4 Å². The van der Waals surface area contributed by atoms with E-state index in [0.29, 0.717) is 18.4 Å². The summed E-state index contributed by atoms with van der Waals surface area (Å²) < 4.78 is 8.15. The fourth-order valence-corrected chi connectivity index (χ4v) is 5.27. The highest BCUT2D eigenvalue weighted by atomic mass is 32.2. The Morgan fingerprint density at radius 2 is 1.74 bits per heavy atom. The van der Waals surface area contributed by atoms with Gasteiger partial charge in [-0.2, -0.15) is 0 Å². The van der Waals surface area contributed by atoms with E-state index in [1.165, 1.54) is 11.1 Å². The molecule has 0 aliphatic heterocycles. The zero-order chi connectivity index (χ0) is 23.9. The Morgan fingerprint density at radius 3 is 2.44 bits per heavy atom. The van der Waals surface area contributed by atoms with Gasteiger partial charge >= 0.3 is 0 Å². The van der Waals surface area contributed by atoms with Gasteiger partial charge in [0.25, 0.3) is 0 Å². The SMILES string of the molecule is CC(C)CCn1c(COc2ccccc2)nnc1SCc1csc(-c2ccc(C(C)C)cc2)n1. The zero-order valence-electron chi connectivity index (χ0n) is 20.3. The Balaban J connectivity index is 1.43. The number of benzene rings is 2. The van der Waals surface area contributed by atoms with Crippen molar-refractivity contribution in [1.29, 1.82) is 0 Å². The zero-order valence-corrected chi connectivity index (χ0v) is 21.9. The van der Waals surface area contributed by atoms with Gasteiger partial charge in [-0.1, -0.05) is 81.9 Å². The van der Waals surface area contributed by atoms with E-state index in [-0.39, 0.29) is 0 Å². The molecule has 2 heterocycles. The van der Waals surface area contributed by atoms with Crippen LogP contribution in [0.1, 0.15) is 57.1 Å². The molecule has 0 saturated carbocycles. The molecule has 0 bridgehead atoms.